The van der Waals surface area contributed by atoms with Gasteiger partial charge in [-0.15, -0.1) is 11.3 Å². The van der Waals surface area contributed by atoms with Crippen LogP contribution >= 0.6 is 11.3 Å². The first-order chi connectivity index (χ1) is 6.13. The third-order valence-electron chi connectivity index (χ3n) is 2.01. The van der Waals surface area contributed by atoms with Crippen molar-refractivity contribution >= 4 is 17.4 Å². The quantitative estimate of drug-likeness (QED) is 0.787. The van der Waals surface area contributed by atoms with E-state index in [1.165, 1.54) is 9.75 Å². The van der Waals surface area contributed by atoms with E-state index >= 15 is 0 Å². The normalized spacial score (nSPS) is 12.5. The molecule has 2 heteroatoms. The van der Waals surface area contributed by atoms with Gasteiger partial charge in [-0.05, 0) is 36.6 Å². The molecule has 1 N–H and O–H groups in total. The van der Waals surface area contributed by atoms with E-state index in [0.717, 1.165) is 5.57 Å². The molecule has 0 atom stereocenters. The van der Waals surface area contributed by atoms with Gasteiger partial charge < -0.3 is 5.11 Å². The van der Waals surface area contributed by atoms with E-state index in [1.807, 2.05) is 0 Å². The highest BCUT2D eigenvalue weighted by Gasteiger charge is 2.02. The Bertz CT molecular complexity index is 297. The Hall–Kier alpha value is -0.600. The van der Waals surface area contributed by atoms with E-state index in [1.54, 1.807) is 11.3 Å². The molecular formula is C11H16OS. The van der Waals surface area contributed by atoms with Gasteiger partial charge in [0.2, 0.25) is 0 Å². The van der Waals surface area contributed by atoms with Crippen molar-refractivity contribution in [2.45, 2.75) is 20.8 Å². The second-order valence-corrected chi connectivity index (χ2v) is 4.80. The van der Waals surface area contributed by atoms with Crippen molar-refractivity contribution in [3.05, 3.63) is 27.5 Å². The average molecular weight is 196 g/mol. The van der Waals surface area contributed by atoms with Crippen molar-refractivity contribution in [3.8, 4) is 0 Å². The van der Waals surface area contributed by atoms with Crippen molar-refractivity contribution in [1.82, 2.24) is 0 Å². The molecule has 1 heterocycles. The molecule has 1 aromatic heterocycles. The van der Waals surface area contributed by atoms with E-state index < -0.39 is 0 Å². The molecule has 0 aliphatic heterocycles. The first-order valence-corrected chi connectivity index (χ1v) is 5.33. The SMILES string of the molecule is Cc1ccc(C=C(CO)C(C)C)s1. The molecule has 1 rings (SSSR count). The van der Waals surface area contributed by atoms with Gasteiger partial charge in [0.05, 0.1) is 6.61 Å². The van der Waals surface area contributed by atoms with E-state index in [2.05, 4.69) is 39.0 Å². The molecule has 0 aromatic carbocycles. The minimum Gasteiger partial charge on any atom is -0.392 e. The molecule has 0 aliphatic rings. The number of rotatable bonds is 3. The second kappa shape index (κ2) is 4.58. The first kappa shape index (κ1) is 10.5. The summed E-state index contributed by atoms with van der Waals surface area (Å²) in [5, 5.41) is 9.10. The highest BCUT2D eigenvalue weighted by Crippen LogP contribution is 2.20. The molecule has 1 aromatic rings. The fraction of sp³-hybridized carbons (Fsp3) is 0.455. The summed E-state index contributed by atoms with van der Waals surface area (Å²) in [7, 11) is 0. The van der Waals surface area contributed by atoms with Crippen LogP contribution in [0, 0.1) is 12.8 Å². The Labute approximate surface area is 83.7 Å². The fourth-order valence-electron chi connectivity index (χ4n) is 1.11. The largest absolute Gasteiger partial charge is 0.392 e. The third kappa shape index (κ3) is 2.98. The first-order valence-electron chi connectivity index (χ1n) is 4.51. The van der Waals surface area contributed by atoms with E-state index in [4.69, 9.17) is 5.11 Å². The maximum Gasteiger partial charge on any atom is 0.0647 e. The lowest BCUT2D eigenvalue weighted by Crippen LogP contribution is -1.98. The maximum atomic E-state index is 9.10. The molecule has 0 bridgehead atoms. The van der Waals surface area contributed by atoms with Crippen LogP contribution in [0.2, 0.25) is 0 Å². The van der Waals surface area contributed by atoms with Crippen LogP contribution in [0.15, 0.2) is 17.7 Å². The molecule has 1 nitrogen and oxygen atoms in total. The van der Waals surface area contributed by atoms with Gasteiger partial charge in [0, 0.05) is 9.75 Å². The smallest absolute Gasteiger partial charge is 0.0647 e. The zero-order valence-electron chi connectivity index (χ0n) is 8.37. The van der Waals surface area contributed by atoms with Crippen molar-refractivity contribution < 1.29 is 5.11 Å². The van der Waals surface area contributed by atoms with Crippen molar-refractivity contribution in [2.75, 3.05) is 6.61 Å². The summed E-state index contributed by atoms with van der Waals surface area (Å²) in [4.78, 5) is 2.54. The number of hydrogen-bond acceptors (Lipinski definition) is 2. The lowest BCUT2D eigenvalue weighted by atomic mass is 10.0. The van der Waals surface area contributed by atoms with Gasteiger partial charge in [0.25, 0.3) is 0 Å². The summed E-state index contributed by atoms with van der Waals surface area (Å²) in [6, 6.07) is 4.20. The zero-order chi connectivity index (χ0) is 9.84. The van der Waals surface area contributed by atoms with Crippen LogP contribution in [0.3, 0.4) is 0 Å². The topological polar surface area (TPSA) is 20.2 Å². The van der Waals surface area contributed by atoms with Crippen molar-refractivity contribution in [3.63, 3.8) is 0 Å². The van der Waals surface area contributed by atoms with Crippen LogP contribution in [-0.2, 0) is 0 Å². The predicted molar refractivity (Wildman–Crippen MR) is 59.0 cm³/mol. The standard InChI is InChI=1S/C11H16OS/c1-8(2)10(7-12)6-11-5-4-9(3)13-11/h4-6,8,12H,7H2,1-3H3. The lowest BCUT2D eigenvalue weighted by Gasteiger charge is -2.06. The molecule has 0 unspecified atom stereocenters. The Balaban J connectivity index is 2.84. The molecule has 0 saturated carbocycles. The molecular weight excluding hydrogens is 180 g/mol. The predicted octanol–water partition coefficient (Wildman–Crippen LogP) is 3.09. The minimum absolute atomic E-state index is 0.161. The number of hydrogen-bond donors (Lipinski definition) is 1. The van der Waals surface area contributed by atoms with E-state index in [9.17, 15) is 0 Å². The summed E-state index contributed by atoms with van der Waals surface area (Å²) in [6.45, 7) is 6.45. The lowest BCUT2D eigenvalue weighted by molar-refractivity contribution is 0.320. The minimum atomic E-state index is 0.161. The second-order valence-electron chi connectivity index (χ2n) is 3.48. The molecule has 0 saturated heterocycles. The van der Waals surface area contributed by atoms with Crippen LogP contribution in [0.5, 0.6) is 0 Å². The Morgan fingerprint density at radius 1 is 1.54 bits per heavy atom. The summed E-state index contributed by atoms with van der Waals surface area (Å²) < 4.78 is 0. The number of thiophene rings is 1. The summed E-state index contributed by atoms with van der Waals surface area (Å²) in [6.07, 6.45) is 2.09. The molecule has 0 fully saturated rings. The van der Waals surface area contributed by atoms with E-state index in [-0.39, 0.29) is 6.61 Å². The van der Waals surface area contributed by atoms with Gasteiger partial charge >= 0.3 is 0 Å². The third-order valence-corrected chi connectivity index (χ3v) is 2.96. The zero-order valence-corrected chi connectivity index (χ0v) is 9.19. The maximum absolute atomic E-state index is 9.10. The van der Waals surface area contributed by atoms with Crippen LogP contribution in [0.4, 0.5) is 0 Å². The van der Waals surface area contributed by atoms with Gasteiger partial charge in [-0.25, -0.2) is 0 Å². The van der Waals surface area contributed by atoms with Crippen LogP contribution in [-0.4, -0.2) is 11.7 Å². The van der Waals surface area contributed by atoms with Gasteiger partial charge in [0.15, 0.2) is 0 Å². The average Bonchev–Trinajstić information content (AvgIpc) is 2.46. The molecule has 0 radical (unpaired) electrons. The van der Waals surface area contributed by atoms with Crippen LogP contribution < -0.4 is 0 Å². The summed E-state index contributed by atoms with van der Waals surface area (Å²) >= 11 is 1.76. The van der Waals surface area contributed by atoms with Crippen molar-refractivity contribution in [2.24, 2.45) is 5.92 Å². The van der Waals surface area contributed by atoms with Crippen LogP contribution in [0.25, 0.3) is 6.08 Å². The Morgan fingerprint density at radius 3 is 2.62 bits per heavy atom. The van der Waals surface area contributed by atoms with Gasteiger partial charge in [-0.1, -0.05) is 13.8 Å². The Kier molecular flexibility index (Phi) is 3.70. The summed E-state index contributed by atoms with van der Waals surface area (Å²) in [5.74, 6) is 0.424. The molecule has 13 heavy (non-hydrogen) atoms. The van der Waals surface area contributed by atoms with Gasteiger partial charge in [0.1, 0.15) is 0 Å². The highest BCUT2D eigenvalue weighted by molar-refractivity contribution is 7.12. The summed E-state index contributed by atoms with van der Waals surface area (Å²) in [5.41, 5.74) is 1.10. The molecule has 0 aliphatic carbocycles. The van der Waals surface area contributed by atoms with Crippen molar-refractivity contribution in [1.29, 1.82) is 0 Å². The van der Waals surface area contributed by atoms with E-state index in [0.29, 0.717) is 5.92 Å². The number of aryl methyl sites for hydroxylation is 1. The van der Waals surface area contributed by atoms with Gasteiger partial charge in [-0.2, -0.15) is 0 Å². The number of aliphatic hydroxyl groups excluding tert-OH is 1. The molecule has 0 amide bonds. The van der Waals surface area contributed by atoms with Gasteiger partial charge in [-0.3, -0.25) is 0 Å². The fourth-order valence-corrected chi connectivity index (χ4v) is 1.96. The Morgan fingerprint density at radius 2 is 2.23 bits per heavy atom. The monoisotopic (exact) mass is 196 g/mol. The number of aliphatic hydroxyl groups is 1. The molecule has 72 valence electrons. The van der Waals surface area contributed by atoms with Crippen LogP contribution in [0.1, 0.15) is 23.6 Å². The molecule has 0 spiro atoms. The highest BCUT2D eigenvalue weighted by atomic mass is 32.1.